The van der Waals surface area contributed by atoms with Gasteiger partial charge in [-0.2, -0.15) is 10.2 Å². The van der Waals surface area contributed by atoms with Gasteiger partial charge in [-0.25, -0.2) is 0 Å². The molecule has 0 spiro atoms. The maximum absolute atomic E-state index is 10.3. The molecule has 165 valence electrons. The lowest BCUT2D eigenvalue weighted by Gasteiger charge is -2.33. The number of hydrogen-bond acceptors (Lipinski definition) is 7. The van der Waals surface area contributed by atoms with E-state index in [1.54, 1.807) is 6.21 Å². The summed E-state index contributed by atoms with van der Waals surface area (Å²) in [6, 6.07) is 20.2. The third kappa shape index (κ3) is 4.17. The first-order valence-corrected chi connectivity index (χ1v) is 11.2. The fourth-order valence-corrected chi connectivity index (χ4v) is 4.86. The van der Waals surface area contributed by atoms with Crippen LogP contribution in [-0.2, 0) is 11.1 Å². The van der Waals surface area contributed by atoms with Crippen molar-refractivity contribution < 1.29 is 5.11 Å². The van der Waals surface area contributed by atoms with Crippen LogP contribution < -0.4 is 0 Å². The molecule has 1 N–H and O–H groups in total. The monoisotopic (exact) mass is 429 g/mol. The largest absolute Gasteiger partial charge is 0.396 e. The minimum Gasteiger partial charge on any atom is -0.396 e. The van der Waals surface area contributed by atoms with E-state index in [2.05, 4.69) is 56.4 Å². The van der Waals surface area contributed by atoms with Gasteiger partial charge in [0.2, 0.25) is 0 Å². The summed E-state index contributed by atoms with van der Waals surface area (Å²) in [5.74, 6) is 0.105. The summed E-state index contributed by atoms with van der Waals surface area (Å²) in [6.07, 6.45) is 9.33. The van der Waals surface area contributed by atoms with E-state index in [0.29, 0.717) is 0 Å². The highest BCUT2D eigenvalue weighted by Gasteiger charge is 2.43. The number of hydrogen-bond donors (Lipinski definition) is 1. The summed E-state index contributed by atoms with van der Waals surface area (Å²) in [6.45, 7) is 2.08. The van der Waals surface area contributed by atoms with Gasteiger partial charge in [0, 0.05) is 12.5 Å². The molecule has 4 rings (SSSR count). The molecule has 0 aliphatic carbocycles. The minimum absolute atomic E-state index is 0.00942. The van der Waals surface area contributed by atoms with Gasteiger partial charge in [0.25, 0.3) is 0 Å². The van der Waals surface area contributed by atoms with Crippen LogP contribution in [0.4, 0.5) is 0 Å². The zero-order valence-electron chi connectivity index (χ0n) is 18.3. The lowest BCUT2D eigenvalue weighted by Crippen LogP contribution is -2.37. The molecule has 7 nitrogen and oxygen atoms in total. The molecule has 1 radical (unpaired) electrons. The SMILES string of the molecule is C[CH]CC(CCCC(CO)C1(c2ccccc2)C=NN=N1)C1(c2ccccc2)C=NN=N1. The molecule has 2 aliphatic rings. The van der Waals surface area contributed by atoms with Gasteiger partial charge in [-0.15, -0.1) is 10.2 Å². The van der Waals surface area contributed by atoms with Crippen LogP contribution in [-0.4, -0.2) is 24.1 Å². The number of aliphatic hydroxyl groups excluding tert-OH is 1. The minimum atomic E-state index is -0.714. The highest BCUT2D eigenvalue weighted by molar-refractivity contribution is 5.75. The average Bonchev–Trinajstić information content (AvgIpc) is 3.54. The Kier molecular flexibility index (Phi) is 6.95. The van der Waals surface area contributed by atoms with Crippen molar-refractivity contribution in [2.24, 2.45) is 42.7 Å². The van der Waals surface area contributed by atoms with E-state index in [4.69, 9.17) is 0 Å². The van der Waals surface area contributed by atoms with Gasteiger partial charge in [0.15, 0.2) is 5.54 Å². The predicted molar refractivity (Wildman–Crippen MR) is 125 cm³/mol. The first-order chi connectivity index (χ1) is 15.7. The van der Waals surface area contributed by atoms with Crippen LogP contribution in [0.2, 0.25) is 0 Å². The number of rotatable bonds is 11. The highest BCUT2D eigenvalue weighted by atomic mass is 16.3. The van der Waals surface area contributed by atoms with Crippen LogP contribution in [0.15, 0.2) is 91.5 Å². The van der Waals surface area contributed by atoms with Crippen LogP contribution in [0.3, 0.4) is 0 Å². The normalized spacial score (nSPS) is 25.4. The molecular weight excluding hydrogens is 400 g/mol. The Hall–Kier alpha value is -3.06. The molecule has 0 bridgehead atoms. The van der Waals surface area contributed by atoms with Crippen molar-refractivity contribution in [2.45, 2.75) is 43.7 Å². The molecule has 4 atom stereocenters. The van der Waals surface area contributed by atoms with E-state index in [1.807, 2.05) is 54.7 Å². The number of aliphatic hydroxyl groups is 1. The fourth-order valence-electron chi connectivity index (χ4n) is 4.86. The van der Waals surface area contributed by atoms with Crippen LogP contribution in [0, 0.1) is 18.3 Å². The third-order valence-corrected chi connectivity index (χ3v) is 6.60. The summed E-state index contributed by atoms with van der Waals surface area (Å²) in [4.78, 5) is 0. The van der Waals surface area contributed by atoms with Gasteiger partial charge in [-0.05, 0) is 53.2 Å². The predicted octanol–water partition coefficient (Wildman–Crippen LogP) is 5.69. The summed E-state index contributed by atoms with van der Waals surface area (Å²) in [5.41, 5.74) is 0.843. The maximum atomic E-state index is 10.3. The lowest BCUT2D eigenvalue weighted by molar-refractivity contribution is 0.170. The van der Waals surface area contributed by atoms with Crippen molar-refractivity contribution in [3.05, 3.63) is 78.2 Å². The standard InChI is InChI=1S/C25H29N6O/c1-2-10-20(24(18-26-30-28-24)21-11-5-3-6-12-21)15-9-16-23(17-32)25(19-27-31-29-25)22-13-7-4-8-14-22/h2-8,11-14,18-20,23,32H,9-10,15-17H2,1H3. The lowest BCUT2D eigenvalue weighted by atomic mass is 9.73. The Morgan fingerprint density at radius 3 is 1.72 bits per heavy atom. The third-order valence-electron chi connectivity index (χ3n) is 6.60. The van der Waals surface area contributed by atoms with Crippen molar-refractivity contribution in [1.29, 1.82) is 0 Å². The van der Waals surface area contributed by atoms with Gasteiger partial charge in [0.05, 0.1) is 12.4 Å². The molecule has 2 heterocycles. The molecular formula is C25H29N6O. The van der Waals surface area contributed by atoms with E-state index in [0.717, 1.165) is 36.8 Å². The van der Waals surface area contributed by atoms with Crippen molar-refractivity contribution in [3.8, 4) is 0 Å². The zero-order valence-corrected chi connectivity index (χ0v) is 18.3. The Morgan fingerprint density at radius 1 is 0.781 bits per heavy atom. The number of nitrogens with zero attached hydrogens (tertiary/aromatic N) is 6. The van der Waals surface area contributed by atoms with Gasteiger partial charge >= 0.3 is 0 Å². The molecule has 0 saturated carbocycles. The van der Waals surface area contributed by atoms with Crippen LogP contribution in [0.1, 0.15) is 43.7 Å². The van der Waals surface area contributed by atoms with E-state index in [1.165, 1.54) is 0 Å². The van der Waals surface area contributed by atoms with E-state index < -0.39 is 11.1 Å². The first-order valence-electron chi connectivity index (χ1n) is 11.2. The van der Waals surface area contributed by atoms with E-state index >= 15 is 0 Å². The van der Waals surface area contributed by atoms with Gasteiger partial charge in [0.1, 0.15) is 5.54 Å². The molecule has 0 fully saturated rings. The number of benzene rings is 2. The van der Waals surface area contributed by atoms with Crippen molar-refractivity contribution in [3.63, 3.8) is 0 Å². The second-order valence-corrected chi connectivity index (χ2v) is 8.40. The molecule has 32 heavy (non-hydrogen) atoms. The Bertz CT molecular complexity index is 962. The average molecular weight is 430 g/mol. The topological polar surface area (TPSA) is 94.4 Å². The highest BCUT2D eigenvalue weighted by Crippen LogP contribution is 2.43. The maximum Gasteiger partial charge on any atom is 0.150 e. The van der Waals surface area contributed by atoms with E-state index in [-0.39, 0.29) is 18.4 Å². The van der Waals surface area contributed by atoms with Crippen molar-refractivity contribution in [1.82, 2.24) is 0 Å². The molecule has 0 aromatic heterocycles. The molecule has 0 saturated heterocycles. The quantitative estimate of drug-likeness (QED) is 0.488. The van der Waals surface area contributed by atoms with E-state index in [9.17, 15) is 5.11 Å². The van der Waals surface area contributed by atoms with Crippen LogP contribution in [0.5, 0.6) is 0 Å². The Labute approximate surface area is 189 Å². The first kappa shape index (κ1) is 22.1. The molecule has 4 unspecified atom stereocenters. The van der Waals surface area contributed by atoms with Crippen LogP contribution >= 0.6 is 0 Å². The summed E-state index contributed by atoms with van der Waals surface area (Å²) in [5, 5.41) is 35.4. The summed E-state index contributed by atoms with van der Waals surface area (Å²) in [7, 11) is 0. The molecule has 2 aliphatic heterocycles. The molecule has 0 amide bonds. The van der Waals surface area contributed by atoms with Gasteiger partial charge in [-0.1, -0.05) is 74.0 Å². The van der Waals surface area contributed by atoms with Gasteiger partial charge < -0.3 is 5.11 Å². The summed E-state index contributed by atoms with van der Waals surface area (Å²) >= 11 is 0. The zero-order chi connectivity index (χ0) is 22.3. The summed E-state index contributed by atoms with van der Waals surface area (Å²) < 4.78 is 0. The Balaban J connectivity index is 1.52. The van der Waals surface area contributed by atoms with Crippen molar-refractivity contribution in [2.75, 3.05) is 6.61 Å². The van der Waals surface area contributed by atoms with Crippen molar-refractivity contribution >= 4 is 12.4 Å². The second kappa shape index (κ2) is 10.0. The smallest absolute Gasteiger partial charge is 0.150 e. The van der Waals surface area contributed by atoms with Crippen LogP contribution in [0.25, 0.3) is 0 Å². The Morgan fingerprint density at radius 2 is 1.28 bits per heavy atom. The molecule has 2 aromatic carbocycles. The molecule has 2 aromatic rings. The molecule has 7 heteroatoms. The fraction of sp³-hybridized carbons (Fsp3) is 0.400. The second-order valence-electron chi connectivity index (χ2n) is 8.40. The van der Waals surface area contributed by atoms with Gasteiger partial charge in [-0.3, -0.25) is 0 Å².